The zero-order valence-electron chi connectivity index (χ0n) is 19.8. The third kappa shape index (κ3) is 6.35. The molecule has 1 aromatic heterocycles. The van der Waals surface area contributed by atoms with E-state index in [9.17, 15) is 9.59 Å². The molecule has 0 aliphatic rings. The number of amides is 1. The van der Waals surface area contributed by atoms with Crippen LogP contribution in [0.5, 0.6) is 11.5 Å². The average molecular weight is 469 g/mol. The molecule has 178 valence electrons. The van der Waals surface area contributed by atoms with Crippen molar-refractivity contribution in [3.63, 3.8) is 0 Å². The lowest BCUT2D eigenvalue weighted by atomic mass is 10.1. The molecular formula is C28H28N4O3. The van der Waals surface area contributed by atoms with Gasteiger partial charge in [-0.1, -0.05) is 68.4 Å². The maximum absolute atomic E-state index is 13.5. The number of anilines is 2. The second-order valence-corrected chi connectivity index (χ2v) is 8.56. The van der Waals surface area contributed by atoms with Crippen LogP contribution in [-0.4, -0.2) is 22.2 Å². The zero-order chi connectivity index (χ0) is 24.6. The molecule has 0 saturated heterocycles. The molecule has 2 N–H and O–H groups in total. The Kier molecular flexibility index (Phi) is 7.57. The van der Waals surface area contributed by atoms with Crippen LogP contribution in [0.15, 0.2) is 95.9 Å². The summed E-state index contributed by atoms with van der Waals surface area (Å²) in [5.74, 6) is 1.05. The fourth-order valence-electron chi connectivity index (χ4n) is 3.43. The maximum Gasteiger partial charge on any atom is 0.294 e. The van der Waals surface area contributed by atoms with E-state index in [1.165, 1.54) is 10.9 Å². The number of hydrogen-bond donors (Lipinski definition) is 2. The van der Waals surface area contributed by atoms with E-state index < -0.39 is 0 Å². The van der Waals surface area contributed by atoms with E-state index in [0.717, 1.165) is 5.56 Å². The van der Waals surface area contributed by atoms with E-state index in [0.29, 0.717) is 41.8 Å². The predicted octanol–water partition coefficient (Wildman–Crippen LogP) is 5.21. The lowest BCUT2D eigenvalue weighted by Gasteiger charge is -2.15. The Morgan fingerprint density at radius 1 is 0.971 bits per heavy atom. The normalized spacial score (nSPS) is 10.7. The first-order valence-electron chi connectivity index (χ1n) is 11.5. The van der Waals surface area contributed by atoms with Gasteiger partial charge in [0.25, 0.3) is 11.5 Å². The summed E-state index contributed by atoms with van der Waals surface area (Å²) in [7, 11) is 0. The summed E-state index contributed by atoms with van der Waals surface area (Å²) in [6.45, 7) is 4.98. The van der Waals surface area contributed by atoms with Crippen molar-refractivity contribution >= 4 is 17.3 Å². The van der Waals surface area contributed by atoms with Crippen molar-refractivity contribution in [3.05, 3.63) is 113 Å². The van der Waals surface area contributed by atoms with Gasteiger partial charge in [0.15, 0.2) is 11.4 Å². The lowest BCUT2D eigenvalue weighted by Crippen LogP contribution is -2.27. The molecule has 0 radical (unpaired) electrons. The summed E-state index contributed by atoms with van der Waals surface area (Å²) in [6.07, 6.45) is 1.53. The summed E-state index contributed by atoms with van der Waals surface area (Å²) in [5, 5.41) is 10.4. The monoisotopic (exact) mass is 468 g/mol. The highest BCUT2D eigenvalue weighted by atomic mass is 16.5. The highest BCUT2D eigenvalue weighted by molar-refractivity contribution is 5.95. The first-order valence-corrected chi connectivity index (χ1v) is 11.5. The number of rotatable bonds is 9. The second-order valence-electron chi connectivity index (χ2n) is 8.56. The molecule has 7 nitrogen and oxygen atoms in total. The van der Waals surface area contributed by atoms with Crippen molar-refractivity contribution in [2.75, 3.05) is 11.9 Å². The van der Waals surface area contributed by atoms with Gasteiger partial charge in [-0.05, 0) is 41.8 Å². The minimum absolute atomic E-state index is 0.167. The van der Waals surface area contributed by atoms with Crippen molar-refractivity contribution < 1.29 is 9.53 Å². The number of carbonyl (C=O) groups excluding carboxylic acids is 1. The Morgan fingerprint density at radius 3 is 2.40 bits per heavy atom. The molecule has 1 amide bonds. The van der Waals surface area contributed by atoms with Gasteiger partial charge < -0.3 is 15.4 Å². The Balaban J connectivity index is 1.67. The molecule has 0 atom stereocenters. The van der Waals surface area contributed by atoms with Gasteiger partial charge in [0.1, 0.15) is 5.75 Å². The highest BCUT2D eigenvalue weighted by Crippen LogP contribution is 2.28. The SMILES string of the molecule is CC(C)CNC(=O)c1cccc(Nc2c(Oc3ccccc3)cnn(Cc3ccccc3)c2=O)c1. The topological polar surface area (TPSA) is 85.2 Å². The summed E-state index contributed by atoms with van der Waals surface area (Å²) >= 11 is 0. The molecule has 0 saturated carbocycles. The molecule has 4 aromatic rings. The van der Waals surface area contributed by atoms with Crippen molar-refractivity contribution in [1.82, 2.24) is 15.1 Å². The van der Waals surface area contributed by atoms with Crippen LogP contribution in [0.1, 0.15) is 29.8 Å². The number of carbonyl (C=O) groups is 1. The standard InChI is InChI=1S/C28H28N4O3/c1-20(2)17-29-27(33)22-12-9-13-23(16-22)31-26-25(35-24-14-7-4-8-15-24)18-30-32(28(26)34)19-21-10-5-3-6-11-21/h3-16,18,20,31H,17,19H2,1-2H3,(H,29,33). The Labute approximate surface area is 204 Å². The van der Waals surface area contributed by atoms with Crippen LogP contribution in [0.25, 0.3) is 0 Å². The average Bonchev–Trinajstić information content (AvgIpc) is 2.88. The Morgan fingerprint density at radius 2 is 1.69 bits per heavy atom. The first-order chi connectivity index (χ1) is 17.0. The molecule has 4 rings (SSSR count). The van der Waals surface area contributed by atoms with E-state index in [-0.39, 0.29) is 17.2 Å². The van der Waals surface area contributed by atoms with E-state index in [1.807, 2.05) is 62.4 Å². The number of aromatic nitrogens is 2. The van der Waals surface area contributed by atoms with Crippen molar-refractivity contribution in [2.24, 2.45) is 5.92 Å². The summed E-state index contributed by atoms with van der Waals surface area (Å²) in [5.41, 5.74) is 1.94. The maximum atomic E-state index is 13.5. The zero-order valence-corrected chi connectivity index (χ0v) is 19.8. The Hall–Kier alpha value is -4.39. The molecule has 1 heterocycles. The second kappa shape index (κ2) is 11.2. The third-order valence-electron chi connectivity index (χ3n) is 5.22. The van der Waals surface area contributed by atoms with Crippen LogP contribution in [0, 0.1) is 5.92 Å². The Bertz CT molecular complexity index is 1340. The first kappa shape index (κ1) is 23.8. The van der Waals surface area contributed by atoms with Gasteiger partial charge in [-0.3, -0.25) is 9.59 Å². The van der Waals surface area contributed by atoms with E-state index in [2.05, 4.69) is 15.7 Å². The van der Waals surface area contributed by atoms with Gasteiger partial charge in [-0.15, -0.1) is 0 Å². The number of nitrogens with zero attached hydrogens (tertiary/aromatic N) is 2. The van der Waals surface area contributed by atoms with Crippen LogP contribution in [0.2, 0.25) is 0 Å². The molecule has 0 spiro atoms. The molecule has 0 fully saturated rings. The molecule has 0 bridgehead atoms. The minimum atomic E-state index is -0.336. The largest absolute Gasteiger partial charge is 0.453 e. The quantitative estimate of drug-likeness (QED) is 0.352. The molecule has 0 unspecified atom stereocenters. The van der Waals surface area contributed by atoms with Gasteiger partial charge >= 0.3 is 0 Å². The van der Waals surface area contributed by atoms with Gasteiger partial charge in [-0.2, -0.15) is 5.10 Å². The van der Waals surface area contributed by atoms with Gasteiger partial charge in [0.05, 0.1) is 12.7 Å². The molecule has 35 heavy (non-hydrogen) atoms. The summed E-state index contributed by atoms with van der Waals surface area (Å²) in [6, 6.07) is 25.9. The molecule has 3 aromatic carbocycles. The minimum Gasteiger partial charge on any atom is -0.453 e. The highest BCUT2D eigenvalue weighted by Gasteiger charge is 2.16. The van der Waals surface area contributed by atoms with E-state index in [1.54, 1.807) is 36.4 Å². The van der Waals surface area contributed by atoms with E-state index in [4.69, 9.17) is 4.74 Å². The molecular weight excluding hydrogens is 440 g/mol. The fraction of sp³-hybridized carbons (Fsp3) is 0.179. The van der Waals surface area contributed by atoms with E-state index >= 15 is 0 Å². The number of nitrogens with one attached hydrogen (secondary N) is 2. The van der Waals surface area contributed by atoms with Crippen molar-refractivity contribution in [2.45, 2.75) is 20.4 Å². The van der Waals surface area contributed by atoms with Crippen LogP contribution >= 0.6 is 0 Å². The van der Waals surface area contributed by atoms with Crippen LogP contribution in [0.4, 0.5) is 11.4 Å². The summed E-state index contributed by atoms with van der Waals surface area (Å²) < 4.78 is 7.38. The summed E-state index contributed by atoms with van der Waals surface area (Å²) in [4.78, 5) is 26.0. The van der Waals surface area contributed by atoms with Gasteiger partial charge in [-0.25, -0.2) is 4.68 Å². The van der Waals surface area contributed by atoms with Crippen LogP contribution in [0.3, 0.4) is 0 Å². The van der Waals surface area contributed by atoms with Gasteiger partial charge in [0.2, 0.25) is 0 Å². The molecule has 0 aliphatic carbocycles. The van der Waals surface area contributed by atoms with Gasteiger partial charge in [0, 0.05) is 17.8 Å². The molecule has 7 heteroatoms. The smallest absolute Gasteiger partial charge is 0.294 e. The van der Waals surface area contributed by atoms with Crippen molar-refractivity contribution in [1.29, 1.82) is 0 Å². The van der Waals surface area contributed by atoms with Crippen molar-refractivity contribution in [3.8, 4) is 11.5 Å². The lowest BCUT2D eigenvalue weighted by molar-refractivity contribution is 0.0949. The third-order valence-corrected chi connectivity index (χ3v) is 5.22. The fourth-order valence-corrected chi connectivity index (χ4v) is 3.43. The number of hydrogen-bond acceptors (Lipinski definition) is 5. The number of benzene rings is 3. The number of para-hydroxylation sites is 1. The van der Waals surface area contributed by atoms with Crippen LogP contribution in [-0.2, 0) is 6.54 Å². The number of ether oxygens (including phenoxy) is 1. The van der Waals surface area contributed by atoms with Crippen LogP contribution < -0.4 is 20.9 Å². The molecule has 0 aliphatic heterocycles. The predicted molar refractivity (Wildman–Crippen MR) is 137 cm³/mol.